The third-order valence-corrected chi connectivity index (χ3v) is 5.09. The number of halogens is 1. The number of benzene rings is 1. The molecule has 0 spiro atoms. The molecule has 0 heterocycles. The van der Waals surface area contributed by atoms with Gasteiger partial charge in [0.15, 0.2) is 9.84 Å². The fourth-order valence-electron chi connectivity index (χ4n) is 2.40. The minimum absolute atomic E-state index is 0.442. The van der Waals surface area contributed by atoms with Crippen molar-refractivity contribution in [2.24, 2.45) is 5.41 Å². The molecule has 2 rings (SSSR count). The Kier molecular flexibility index (Phi) is 2.96. The van der Waals surface area contributed by atoms with E-state index in [4.69, 9.17) is 16.9 Å². The molecule has 6 heteroatoms. The lowest BCUT2D eigenvalue weighted by molar-refractivity contribution is -0.110. The van der Waals surface area contributed by atoms with E-state index < -0.39 is 26.4 Å². The Morgan fingerprint density at radius 3 is 2.28 bits per heavy atom. The van der Waals surface area contributed by atoms with Crippen LogP contribution in [0.4, 0.5) is 0 Å². The van der Waals surface area contributed by atoms with Crippen LogP contribution in [0.2, 0.25) is 5.02 Å². The molecule has 0 bridgehead atoms. The van der Waals surface area contributed by atoms with Gasteiger partial charge in [-0.15, -0.1) is 0 Å². The van der Waals surface area contributed by atoms with E-state index in [0.717, 1.165) is 6.26 Å². The van der Waals surface area contributed by atoms with Crippen molar-refractivity contribution in [3.63, 3.8) is 0 Å². The Balaban J connectivity index is 2.49. The van der Waals surface area contributed by atoms with Gasteiger partial charge in [0.1, 0.15) is 11.7 Å². The van der Waals surface area contributed by atoms with Crippen molar-refractivity contribution in [1.29, 1.82) is 5.26 Å². The van der Waals surface area contributed by atoms with Gasteiger partial charge in [0.25, 0.3) is 0 Å². The van der Waals surface area contributed by atoms with Crippen LogP contribution in [-0.4, -0.2) is 26.2 Å². The van der Waals surface area contributed by atoms with Crippen LogP contribution in [0.3, 0.4) is 0 Å². The molecule has 0 unspecified atom stereocenters. The predicted molar refractivity (Wildman–Crippen MR) is 66.9 cm³/mol. The van der Waals surface area contributed by atoms with Gasteiger partial charge in [-0.1, -0.05) is 23.7 Å². The Hall–Kier alpha value is -1.38. The van der Waals surface area contributed by atoms with Crippen molar-refractivity contribution >= 4 is 27.7 Å². The highest BCUT2D eigenvalue weighted by molar-refractivity contribution is 7.91. The zero-order valence-electron chi connectivity index (χ0n) is 9.50. The highest BCUT2D eigenvalue weighted by Crippen LogP contribution is 2.61. The van der Waals surface area contributed by atoms with Crippen molar-refractivity contribution in [3.8, 4) is 6.07 Å². The molecule has 1 fully saturated rings. The van der Waals surface area contributed by atoms with Crippen molar-refractivity contribution < 1.29 is 13.2 Å². The molecule has 1 saturated carbocycles. The number of aldehydes is 1. The third-order valence-electron chi connectivity index (χ3n) is 3.26. The van der Waals surface area contributed by atoms with Gasteiger partial charge in [0.05, 0.1) is 11.3 Å². The Morgan fingerprint density at radius 2 is 1.94 bits per heavy atom. The molecule has 0 amide bonds. The topological polar surface area (TPSA) is 75.0 Å². The Labute approximate surface area is 110 Å². The van der Waals surface area contributed by atoms with Crippen molar-refractivity contribution in [1.82, 2.24) is 0 Å². The van der Waals surface area contributed by atoms with E-state index in [1.54, 1.807) is 24.3 Å². The highest BCUT2D eigenvalue weighted by Gasteiger charge is 2.71. The minimum Gasteiger partial charge on any atom is -0.302 e. The molecule has 0 N–H and O–H groups in total. The van der Waals surface area contributed by atoms with Crippen LogP contribution >= 0.6 is 11.6 Å². The molecule has 1 aromatic rings. The number of sulfone groups is 1. The van der Waals surface area contributed by atoms with E-state index in [9.17, 15) is 13.2 Å². The second-order valence-electron chi connectivity index (χ2n) is 4.44. The summed E-state index contributed by atoms with van der Waals surface area (Å²) in [6, 6.07) is 8.36. The average Bonchev–Trinajstić information content (AvgIpc) is 3.00. The van der Waals surface area contributed by atoms with Crippen molar-refractivity contribution in [3.05, 3.63) is 34.9 Å². The summed E-state index contributed by atoms with van der Waals surface area (Å²) in [4.78, 5) is 11.1. The summed E-state index contributed by atoms with van der Waals surface area (Å²) in [5, 5.41) is 8.66. The van der Waals surface area contributed by atoms with Gasteiger partial charge >= 0.3 is 0 Å². The molecule has 4 nitrogen and oxygen atoms in total. The summed E-state index contributed by atoms with van der Waals surface area (Å²) in [5.74, 6) is -0.604. The number of hydrogen-bond donors (Lipinski definition) is 0. The number of carbonyl (C=O) groups is 1. The minimum atomic E-state index is -3.46. The maximum atomic E-state index is 11.6. The van der Waals surface area contributed by atoms with E-state index >= 15 is 0 Å². The summed E-state index contributed by atoms with van der Waals surface area (Å²) >= 11 is 5.75. The van der Waals surface area contributed by atoms with Crippen LogP contribution in [0.15, 0.2) is 24.3 Å². The Bertz CT molecular complexity index is 632. The molecule has 94 valence electrons. The molecule has 18 heavy (non-hydrogen) atoms. The molecule has 1 aliphatic rings. The monoisotopic (exact) mass is 283 g/mol. The van der Waals surface area contributed by atoms with Gasteiger partial charge in [0, 0.05) is 17.2 Å². The van der Waals surface area contributed by atoms with Gasteiger partial charge in [-0.2, -0.15) is 5.26 Å². The zero-order chi connectivity index (χ0) is 13.6. The summed E-state index contributed by atoms with van der Waals surface area (Å²) < 4.78 is 23.3. The smallest absolute Gasteiger partial charge is 0.153 e. The second-order valence-corrected chi connectivity index (χ2v) is 7.05. The van der Waals surface area contributed by atoms with Crippen molar-refractivity contribution in [2.45, 2.75) is 11.2 Å². The predicted octanol–water partition coefficient (Wildman–Crippen LogP) is 1.56. The molecule has 3 atom stereocenters. The fraction of sp³-hybridized carbons (Fsp3) is 0.333. The van der Waals surface area contributed by atoms with E-state index in [2.05, 4.69) is 0 Å². The summed E-state index contributed by atoms with van der Waals surface area (Å²) in [5.41, 5.74) is -0.815. The number of rotatable bonds is 3. The van der Waals surface area contributed by atoms with Crippen LogP contribution in [-0.2, 0) is 14.6 Å². The largest absolute Gasteiger partial charge is 0.302 e. The molecule has 1 aromatic carbocycles. The van der Waals surface area contributed by atoms with Crippen LogP contribution in [0.5, 0.6) is 0 Å². The number of hydrogen-bond acceptors (Lipinski definition) is 4. The number of nitrogens with zero attached hydrogens (tertiary/aromatic N) is 1. The lowest BCUT2D eigenvalue weighted by Gasteiger charge is -1.99. The van der Waals surface area contributed by atoms with Crippen LogP contribution in [0.1, 0.15) is 11.5 Å². The first-order chi connectivity index (χ1) is 8.36. The van der Waals surface area contributed by atoms with Gasteiger partial charge in [-0.3, -0.25) is 0 Å². The third kappa shape index (κ3) is 1.82. The molecule has 0 aromatic heterocycles. The number of nitriles is 1. The molecule has 1 aliphatic carbocycles. The first kappa shape index (κ1) is 13.1. The highest BCUT2D eigenvalue weighted by atomic mass is 35.5. The first-order valence-electron chi connectivity index (χ1n) is 5.18. The first-order valence-corrected chi connectivity index (χ1v) is 7.52. The maximum Gasteiger partial charge on any atom is 0.153 e. The molecule has 0 saturated heterocycles. The van der Waals surface area contributed by atoms with E-state index in [-0.39, 0.29) is 0 Å². The van der Waals surface area contributed by atoms with E-state index in [1.807, 2.05) is 6.07 Å². The van der Waals surface area contributed by atoms with Gasteiger partial charge < -0.3 is 4.79 Å². The molecule has 0 aliphatic heterocycles. The average molecular weight is 284 g/mol. The quantitative estimate of drug-likeness (QED) is 0.789. The second kappa shape index (κ2) is 4.08. The van der Waals surface area contributed by atoms with Gasteiger partial charge in [0.2, 0.25) is 0 Å². The summed E-state index contributed by atoms with van der Waals surface area (Å²) in [7, 11) is -3.46. The fourth-order valence-corrected chi connectivity index (χ4v) is 4.28. The standard InChI is InChI=1S/C12H10ClNO3S/c1-18(16,17)11-10(12(11,6-14)7-15)8-2-4-9(13)5-3-8/h2-5,7,10-11H,1H3/t10-,11-,12-/m0/s1. The van der Waals surface area contributed by atoms with Gasteiger partial charge in [-0.25, -0.2) is 8.42 Å². The SMILES string of the molecule is CS(=O)(=O)[C@H]1[C@H](c2ccc(Cl)cc2)[C@]1(C#N)C=O. The molecular weight excluding hydrogens is 274 g/mol. The Morgan fingerprint density at radius 1 is 1.39 bits per heavy atom. The summed E-state index contributed by atoms with van der Waals surface area (Å²) in [6.45, 7) is 0. The normalized spacial score (nSPS) is 30.5. The lowest BCUT2D eigenvalue weighted by Crippen LogP contribution is -2.14. The van der Waals surface area contributed by atoms with Gasteiger partial charge in [-0.05, 0) is 17.7 Å². The molecule has 0 radical (unpaired) electrons. The van der Waals surface area contributed by atoms with E-state index in [1.165, 1.54) is 0 Å². The lowest BCUT2D eigenvalue weighted by atomic mass is 10.0. The van der Waals surface area contributed by atoms with Crippen molar-refractivity contribution in [2.75, 3.05) is 6.26 Å². The maximum absolute atomic E-state index is 11.6. The molecular formula is C12H10ClNO3S. The van der Waals surface area contributed by atoms with E-state index in [0.29, 0.717) is 16.9 Å². The number of carbonyl (C=O) groups excluding carboxylic acids is 1. The van der Waals surface area contributed by atoms with Crippen LogP contribution in [0.25, 0.3) is 0 Å². The zero-order valence-corrected chi connectivity index (χ0v) is 11.1. The van der Waals surface area contributed by atoms with Crippen LogP contribution < -0.4 is 0 Å². The van der Waals surface area contributed by atoms with Crippen LogP contribution in [0, 0.1) is 16.7 Å². The summed E-state index contributed by atoms with van der Waals surface area (Å²) in [6.07, 6.45) is 1.49.